The number of phenolic OH excluding ortho intramolecular Hbond substituents is 2. The molecule has 3 aromatic carbocycles. The third-order valence-electron chi connectivity index (χ3n) is 7.77. The SMILES string of the molecule is CC(C)(C)[C@@H]1CC[C@@]2(N=Cc3ccccc3O)Oc3ccccc3[C@H](N=Cc3ccccc3O)[C@H]2C1. The zero-order valence-corrected chi connectivity index (χ0v) is 21.1. The summed E-state index contributed by atoms with van der Waals surface area (Å²) >= 11 is 0. The topological polar surface area (TPSA) is 74.4 Å². The van der Waals surface area contributed by atoms with Crippen LogP contribution in [-0.4, -0.2) is 28.4 Å². The molecule has 5 rings (SSSR count). The molecule has 4 atom stereocenters. The molecular formula is C31H34N2O3. The number of aromatic hydroxyl groups is 2. The fourth-order valence-corrected chi connectivity index (χ4v) is 5.59. The Balaban J connectivity index is 1.62. The Morgan fingerprint density at radius 1 is 0.861 bits per heavy atom. The monoisotopic (exact) mass is 482 g/mol. The second-order valence-corrected chi connectivity index (χ2v) is 11.0. The Morgan fingerprint density at radius 2 is 1.47 bits per heavy atom. The molecule has 1 saturated carbocycles. The number of ether oxygens (including phenoxy) is 1. The molecule has 1 aliphatic carbocycles. The van der Waals surface area contributed by atoms with Crippen LogP contribution in [0.1, 0.15) is 62.8 Å². The van der Waals surface area contributed by atoms with Crippen molar-refractivity contribution in [3.63, 3.8) is 0 Å². The van der Waals surface area contributed by atoms with Gasteiger partial charge in [-0.15, -0.1) is 0 Å². The first-order chi connectivity index (χ1) is 17.3. The van der Waals surface area contributed by atoms with Gasteiger partial charge in [-0.3, -0.25) is 4.99 Å². The van der Waals surface area contributed by atoms with E-state index < -0.39 is 5.72 Å². The van der Waals surface area contributed by atoms with Gasteiger partial charge in [-0.25, -0.2) is 4.99 Å². The van der Waals surface area contributed by atoms with Crippen LogP contribution < -0.4 is 4.74 Å². The van der Waals surface area contributed by atoms with E-state index in [1.165, 1.54) is 0 Å². The Morgan fingerprint density at radius 3 is 2.14 bits per heavy atom. The minimum absolute atomic E-state index is 0.00501. The van der Waals surface area contributed by atoms with Crippen LogP contribution in [0.2, 0.25) is 0 Å². The van der Waals surface area contributed by atoms with Gasteiger partial charge in [0, 0.05) is 41.5 Å². The molecule has 1 aliphatic heterocycles. The summed E-state index contributed by atoms with van der Waals surface area (Å²) in [5.74, 6) is 1.68. The maximum absolute atomic E-state index is 10.3. The normalized spacial score (nSPS) is 25.9. The smallest absolute Gasteiger partial charge is 0.205 e. The van der Waals surface area contributed by atoms with E-state index in [2.05, 4.69) is 26.8 Å². The molecule has 0 amide bonds. The molecule has 0 radical (unpaired) electrons. The lowest BCUT2D eigenvalue weighted by Crippen LogP contribution is -2.52. The first-order valence-corrected chi connectivity index (χ1v) is 12.7. The van der Waals surface area contributed by atoms with Crippen LogP contribution in [-0.2, 0) is 0 Å². The van der Waals surface area contributed by atoms with Crippen LogP contribution in [0.25, 0.3) is 0 Å². The van der Waals surface area contributed by atoms with E-state index in [1.807, 2.05) is 48.5 Å². The van der Waals surface area contributed by atoms with Crippen LogP contribution in [0.3, 0.4) is 0 Å². The van der Waals surface area contributed by atoms with E-state index in [9.17, 15) is 10.2 Å². The highest BCUT2D eigenvalue weighted by molar-refractivity contribution is 5.84. The van der Waals surface area contributed by atoms with E-state index in [0.29, 0.717) is 17.0 Å². The van der Waals surface area contributed by atoms with Crippen molar-refractivity contribution in [2.75, 3.05) is 0 Å². The van der Waals surface area contributed by atoms with Crippen molar-refractivity contribution < 1.29 is 14.9 Å². The molecule has 2 N–H and O–H groups in total. The Bertz CT molecular complexity index is 1290. The second kappa shape index (κ2) is 9.45. The number of hydrogen-bond donors (Lipinski definition) is 2. The van der Waals surface area contributed by atoms with Crippen LogP contribution in [0.15, 0.2) is 82.8 Å². The van der Waals surface area contributed by atoms with Crippen molar-refractivity contribution in [3.8, 4) is 17.2 Å². The standard InChI is InChI=1S/C31H34N2O3/c1-30(2,3)23-16-17-31(33-20-22-11-5-8-14-27(22)35)25(18-23)29(24-12-6-9-15-28(24)36-31)32-19-21-10-4-7-13-26(21)34/h4-15,19-20,23,25,29,34-35H,16-18H2,1-3H3/t23-,25-,29+,31-/m1/s1. The number of para-hydroxylation sites is 3. The molecule has 0 saturated heterocycles. The molecule has 2 aliphatic rings. The highest BCUT2D eigenvalue weighted by Crippen LogP contribution is 2.56. The molecule has 5 heteroatoms. The lowest BCUT2D eigenvalue weighted by Gasteiger charge is -2.51. The Hall–Kier alpha value is -3.60. The summed E-state index contributed by atoms with van der Waals surface area (Å²) in [6.45, 7) is 6.90. The Labute approximate surface area is 213 Å². The zero-order valence-electron chi connectivity index (χ0n) is 21.1. The highest BCUT2D eigenvalue weighted by atomic mass is 16.5. The van der Waals surface area contributed by atoms with E-state index >= 15 is 0 Å². The summed E-state index contributed by atoms with van der Waals surface area (Å²) < 4.78 is 6.75. The van der Waals surface area contributed by atoms with Crippen LogP contribution in [0.4, 0.5) is 0 Å². The highest BCUT2D eigenvalue weighted by Gasteiger charge is 2.54. The molecular weight excluding hydrogens is 448 g/mol. The largest absolute Gasteiger partial charge is 0.507 e. The van der Waals surface area contributed by atoms with Gasteiger partial charge < -0.3 is 14.9 Å². The molecule has 186 valence electrons. The van der Waals surface area contributed by atoms with Gasteiger partial charge in [0.2, 0.25) is 5.72 Å². The number of fused-ring (bicyclic) bond motifs is 2. The predicted octanol–water partition coefficient (Wildman–Crippen LogP) is 6.93. The third-order valence-corrected chi connectivity index (χ3v) is 7.77. The van der Waals surface area contributed by atoms with Gasteiger partial charge in [0.1, 0.15) is 17.2 Å². The molecule has 0 spiro atoms. The van der Waals surface area contributed by atoms with Gasteiger partial charge in [0.25, 0.3) is 0 Å². The van der Waals surface area contributed by atoms with E-state index in [-0.39, 0.29) is 28.9 Å². The van der Waals surface area contributed by atoms with Crippen LogP contribution >= 0.6 is 0 Å². The number of benzene rings is 3. The summed E-state index contributed by atoms with van der Waals surface area (Å²) in [6.07, 6.45) is 6.20. The maximum Gasteiger partial charge on any atom is 0.205 e. The summed E-state index contributed by atoms with van der Waals surface area (Å²) in [5.41, 5.74) is 1.75. The van der Waals surface area contributed by atoms with Gasteiger partial charge in [0.15, 0.2) is 0 Å². The van der Waals surface area contributed by atoms with Crippen molar-refractivity contribution in [1.29, 1.82) is 0 Å². The van der Waals surface area contributed by atoms with Crippen molar-refractivity contribution >= 4 is 12.4 Å². The van der Waals surface area contributed by atoms with Crippen molar-refractivity contribution in [3.05, 3.63) is 89.5 Å². The van der Waals surface area contributed by atoms with E-state index in [0.717, 1.165) is 30.6 Å². The number of rotatable bonds is 4. The number of nitrogens with zero attached hydrogens (tertiary/aromatic N) is 2. The van der Waals surface area contributed by atoms with Gasteiger partial charge in [-0.1, -0.05) is 63.2 Å². The van der Waals surface area contributed by atoms with Crippen molar-refractivity contribution in [2.45, 2.75) is 51.8 Å². The molecule has 0 bridgehead atoms. The molecule has 36 heavy (non-hydrogen) atoms. The Kier molecular flexibility index (Phi) is 6.33. The van der Waals surface area contributed by atoms with Gasteiger partial charge in [-0.2, -0.15) is 0 Å². The average molecular weight is 483 g/mol. The van der Waals surface area contributed by atoms with Gasteiger partial charge >= 0.3 is 0 Å². The number of phenols is 2. The summed E-state index contributed by atoms with van der Waals surface area (Å²) in [5, 5.41) is 20.7. The molecule has 0 unspecified atom stereocenters. The van der Waals surface area contributed by atoms with E-state index in [1.54, 1.807) is 30.6 Å². The molecule has 3 aromatic rings. The molecule has 0 aromatic heterocycles. The summed E-state index contributed by atoms with van der Waals surface area (Å²) in [6, 6.07) is 22.4. The summed E-state index contributed by atoms with van der Waals surface area (Å²) in [7, 11) is 0. The van der Waals surface area contributed by atoms with Crippen molar-refractivity contribution in [1.82, 2.24) is 0 Å². The van der Waals surface area contributed by atoms with Crippen LogP contribution in [0, 0.1) is 17.3 Å². The number of aliphatic imine (C=N–C) groups is 2. The third kappa shape index (κ3) is 4.62. The maximum atomic E-state index is 10.3. The lowest BCUT2D eigenvalue weighted by atomic mass is 9.63. The molecule has 1 fully saturated rings. The zero-order chi connectivity index (χ0) is 25.3. The quantitative estimate of drug-likeness (QED) is 0.396. The molecule has 5 nitrogen and oxygen atoms in total. The number of hydrogen-bond acceptors (Lipinski definition) is 5. The van der Waals surface area contributed by atoms with E-state index in [4.69, 9.17) is 14.7 Å². The summed E-state index contributed by atoms with van der Waals surface area (Å²) in [4.78, 5) is 10.2. The molecule has 1 heterocycles. The fraction of sp³-hybridized carbons (Fsp3) is 0.355. The minimum atomic E-state index is -0.793. The minimum Gasteiger partial charge on any atom is -0.507 e. The fourth-order valence-electron chi connectivity index (χ4n) is 5.59. The van der Waals surface area contributed by atoms with Crippen molar-refractivity contribution in [2.24, 2.45) is 27.2 Å². The van der Waals surface area contributed by atoms with Crippen LogP contribution in [0.5, 0.6) is 17.2 Å². The average Bonchev–Trinajstić information content (AvgIpc) is 2.86. The van der Waals surface area contributed by atoms with Gasteiger partial charge in [-0.05, 0) is 54.5 Å². The first-order valence-electron chi connectivity index (χ1n) is 12.7. The van der Waals surface area contributed by atoms with Gasteiger partial charge in [0.05, 0.1) is 6.04 Å². The second-order valence-electron chi connectivity index (χ2n) is 11.0. The lowest BCUT2D eigenvalue weighted by molar-refractivity contribution is -0.0717. The predicted molar refractivity (Wildman–Crippen MR) is 144 cm³/mol. The first kappa shape index (κ1) is 24.1.